The maximum atomic E-state index is 12.4. The average molecular weight is 362 g/mol. The number of aromatic amines is 1. The number of anilines is 1. The number of likely N-dealkylation sites (N-methyl/N-ethyl adjacent to an activating group) is 1. The Balaban J connectivity index is 1.46. The standard InChI is InChI=1S/C22H22N2O3/c1-24(16-7-3-2-4-8-16)21(25)14-27-22(26)15-11-12-20-18(13-15)17-9-5-6-10-19(17)23-20/h2-4,7-8,11-13,23H,5-6,9-10,14H2,1H3. The van der Waals surface area contributed by atoms with Gasteiger partial charge >= 0.3 is 5.97 Å². The van der Waals surface area contributed by atoms with Crippen LogP contribution in [-0.2, 0) is 22.4 Å². The molecule has 1 aliphatic rings. The van der Waals surface area contributed by atoms with Gasteiger partial charge in [0.15, 0.2) is 6.61 Å². The van der Waals surface area contributed by atoms with Crippen LogP contribution in [0.3, 0.4) is 0 Å². The predicted molar refractivity (Wildman–Crippen MR) is 105 cm³/mol. The summed E-state index contributed by atoms with van der Waals surface area (Å²) in [4.78, 5) is 29.7. The maximum Gasteiger partial charge on any atom is 0.338 e. The number of nitrogens with one attached hydrogen (secondary N) is 1. The number of ether oxygens (including phenoxy) is 1. The lowest BCUT2D eigenvalue weighted by atomic mass is 9.95. The zero-order valence-electron chi connectivity index (χ0n) is 15.3. The van der Waals surface area contributed by atoms with Crippen LogP contribution in [0.4, 0.5) is 5.69 Å². The first-order chi connectivity index (χ1) is 13.1. The Morgan fingerprint density at radius 2 is 1.85 bits per heavy atom. The van der Waals surface area contributed by atoms with E-state index in [0.29, 0.717) is 5.56 Å². The Morgan fingerprint density at radius 3 is 2.67 bits per heavy atom. The molecule has 138 valence electrons. The van der Waals surface area contributed by atoms with Crippen molar-refractivity contribution in [1.82, 2.24) is 4.98 Å². The molecule has 0 spiro atoms. The normalized spacial score (nSPS) is 13.2. The van der Waals surface area contributed by atoms with Crippen LogP contribution >= 0.6 is 0 Å². The van der Waals surface area contributed by atoms with Gasteiger partial charge in [-0.15, -0.1) is 0 Å². The first kappa shape index (κ1) is 17.3. The van der Waals surface area contributed by atoms with Crippen molar-refractivity contribution in [3.63, 3.8) is 0 Å². The van der Waals surface area contributed by atoms with Gasteiger partial charge in [-0.2, -0.15) is 0 Å². The number of benzene rings is 2. The Hall–Kier alpha value is -3.08. The fourth-order valence-electron chi connectivity index (χ4n) is 3.64. The van der Waals surface area contributed by atoms with Gasteiger partial charge in [0.2, 0.25) is 0 Å². The van der Waals surface area contributed by atoms with Crippen LogP contribution in [0.5, 0.6) is 0 Å². The number of aryl methyl sites for hydroxylation is 2. The van der Waals surface area contributed by atoms with Crippen LogP contribution in [0.1, 0.15) is 34.5 Å². The molecule has 0 aliphatic heterocycles. The lowest BCUT2D eigenvalue weighted by Crippen LogP contribution is -2.31. The van der Waals surface area contributed by atoms with Gasteiger partial charge in [-0.05, 0) is 61.6 Å². The summed E-state index contributed by atoms with van der Waals surface area (Å²) in [6.07, 6.45) is 4.47. The summed E-state index contributed by atoms with van der Waals surface area (Å²) in [5.41, 5.74) is 4.88. The van der Waals surface area contributed by atoms with Crippen molar-refractivity contribution < 1.29 is 14.3 Å². The summed E-state index contributed by atoms with van der Waals surface area (Å²) in [6.45, 7) is -0.284. The summed E-state index contributed by atoms with van der Waals surface area (Å²) in [6, 6.07) is 14.8. The molecule has 0 radical (unpaired) electrons. The topological polar surface area (TPSA) is 62.4 Å². The first-order valence-corrected chi connectivity index (χ1v) is 9.25. The number of aromatic nitrogens is 1. The minimum Gasteiger partial charge on any atom is -0.452 e. The van der Waals surface area contributed by atoms with E-state index in [2.05, 4.69) is 4.98 Å². The van der Waals surface area contributed by atoms with Gasteiger partial charge in [0, 0.05) is 29.3 Å². The summed E-state index contributed by atoms with van der Waals surface area (Å²) < 4.78 is 5.26. The number of amides is 1. The largest absolute Gasteiger partial charge is 0.452 e. The Labute approximate surface area is 157 Å². The Kier molecular flexibility index (Phi) is 4.67. The van der Waals surface area contributed by atoms with Crippen LogP contribution in [0.25, 0.3) is 10.9 Å². The van der Waals surface area contributed by atoms with Crippen LogP contribution < -0.4 is 4.90 Å². The number of H-pyrrole nitrogens is 1. The van der Waals surface area contributed by atoms with Gasteiger partial charge in [-0.3, -0.25) is 4.79 Å². The van der Waals surface area contributed by atoms with E-state index in [1.807, 2.05) is 42.5 Å². The number of hydrogen-bond donors (Lipinski definition) is 1. The number of rotatable bonds is 4. The molecule has 0 unspecified atom stereocenters. The zero-order chi connectivity index (χ0) is 18.8. The number of carbonyl (C=O) groups is 2. The Bertz CT molecular complexity index is 991. The molecular weight excluding hydrogens is 340 g/mol. The second-order valence-electron chi connectivity index (χ2n) is 6.91. The molecule has 27 heavy (non-hydrogen) atoms. The van der Waals surface area contributed by atoms with Crippen molar-refractivity contribution in [2.45, 2.75) is 25.7 Å². The second kappa shape index (κ2) is 7.27. The highest BCUT2D eigenvalue weighted by Gasteiger charge is 2.18. The molecule has 1 amide bonds. The zero-order valence-corrected chi connectivity index (χ0v) is 15.3. The quantitative estimate of drug-likeness (QED) is 0.717. The number of carbonyl (C=O) groups excluding carboxylic acids is 2. The molecule has 0 saturated carbocycles. The van der Waals surface area contributed by atoms with Gasteiger partial charge in [0.25, 0.3) is 5.91 Å². The van der Waals surface area contributed by atoms with Crippen molar-refractivity contribution in [2.75, 3.05) is 18.6 Å². The third kappa shape index (κ3) is 3.45. The average Bonchev–Trinajstić information content (AvgIpc) is 3.09. The summed E-state index contributed by atoms with van der Waals surface area (Å²) in [5.74, 6) is -0.743. The van der Waals surface area contributed by atoms with Crippen LogP contribution in [0.2, 0.25) is 0 Å². The first-order valence-electron chi connectivity index (χ1n) is 9.25. The molecule has 4 rings (SSSR count). The summed E-state index contributed by atoms with van der Waals surface area (Å²) in [7, 11) is 1.67. The van der Waals surface area contributed by atoms with Crippen molar-refractivity contribution in [3.8, 4) is 0 Å². The van der Waals surface area contributed by atoms with E-state index < -0.39 is 5.97 Å². The van der Waals surface area contributed by atoms with Gasteiger partial charge in [-0.1, -0.05) is 18.2 Å². The lowest BCUT2D eigenvalue weighted by molar-refractivity contribution is -0.121. The van der Waals surface area contributed by atoms with E-state index in [1.165, 1.54) is 29.0 Å². The molecular formula is C22H22N2O3. The summed E-state index contributed by atoms with van der Waals surface area (Å²) >= 11 is 0. The molecule has 3 aromatic rings. The van der Waals surface area contributed by atoms with E-state index in [4.69, 9.17) is 4.74 Å². The fourth-order valence-corrected chi connectivity index (χ4v) is 3.64. The molecule has 0 fully saturated rings. The smallest absolute Gasteiger partial charge is 0.338 e. The van der Waals surface area contributed by atoms with E-state index >= 15 is 0 Å². The molecule has 0 bridgehead atoms. The van der Waals surface area contributed by atoms with E-state index in [1.54, 1.807) is 13.1 Å². The minimum absolute atomic E-state index is 0.269. The van der Waals surface area contributed by atoms with E-state index in [-0.39, 0.29) is 12.5 Å². The number of esters is 1. The van der Waals surface area contributed by atoms with Gasteiger partial charge in [-0.25, -0.2) is 4.79 Å². The minimum atomic E-state index is -0.475. The highest BCUT2D eigenvalue weighted by molar-refractivity contribution is 5.99. The van der Waals surface area contributed by atoms with Gasteiger partial charge < -0.3 is 14.6 Å². The Morgan fingerprint density at radius 1 is 1.07 bits per heavy atom. The number of fused-ring (bicyclic) bond motifs is 3. The van der Waals surface area contributed by atoms with Gasteiger partial charge in [0.1, 0.15) is 0 Å². The molecule has 5 nitrogen and oxygen atoms in total. The highest BCUT2D eigenvalue weighted by atomic mass is 16.5. The van der Waals surface area contributed by atoms with E-state index in [0.717, 1.165) is 29.4 Å². The second-order valence-corrected chi connectivity index (χ2v) is 6.91. The molecule has 0 atom stereocenters. The molecule has 1 aliphatic carbocycles. The number of para-hydroxylation sites is 1. The molecule has 0 saturated heterocycles. The predicted octanol–water partition coefficient (Wildman–Crippen LogP) is 3.87. The van der Waals surface area contributed by atoms with Crippen LogP contribution in [0.15, 0.2) is 48.5 Å². The highest BCUT2D eigenvalue weighted by Crippen LogP contribution is 2.29. The third-order valence-corrected chi connectivity index (χ3v) is 5.18. The number of nitrogens with zero attached hydrogens (tertiary/aromatic N) is 1. The lowest BCUT2D eigenvalue weighted by Gasteiger charge is -2.17. The molecule has 1 N–H and O–H groups in total. The fraction of sp³-hybridized carbons (Fsp3) is 0.273. The number of hydrogen-bond acceptors (Lipinski definition) is 3. The monoisotopic (exact) mass is 362 g/mol. The van der Waals surface area contributed by atoms with Crippen LogP contribution in [-0.4, -0.2) is 30.5 Å². The molecule has 2 aromatic carbocycles. The SMILES string of the molecule is CN(C(=O)COC(=O)c1ccc2[nH]c3c(c2c1)CCCC3)c1ccccc1. The van der Waals surface area contributed by atoms with E-state index in [9.17, 15) is 9.59 Å². The van der Waals surface area contributed by atoms with Gasteiger partial charge in [0.05, 0.1) is 5.56 Å². The third-order valence-electron chi connectivity index (χ3n) is 5.18. The maximum absolute atomic E-state index is 12.4. The van der Waals surface area contributed by atoms with Crippen molar-refractivity contribution >= 4 is 28.5 Å². The van der Waals surface area contributed by atoms with Crippen LogP contribution in [0, 0.1) is 0 Å². The summed E-state index contributed by atoms with van der Waals surface area (Å²) in [5, 5.41) is 1.09. The molecule has 1 heterocycles. The molecule has 5 heteroatoms. The van der Waals surface area contributed by atoms with Crippen molar-refractivity contribution in [1.29, 1.82) is 0 Å². The molecule has 1 aromatic heterocycles. The van der Waals surface area contributed by atoms with Crippen molar-refractivity contribution in [3.05, 3.63) is 65.4 Å². The van der Waals surface area contributed by atoms with Crippen molar-refractivity contribution in [2.24, 2.45) is 0 Å².